The van der Waals surface area contributed by atoms with Gasteiger partial charge in [0.25, 0.3) is 5.91 Å². The number of amides is 1. The predicted molar refractivity (Wildman–Crippen MR) is 62.6 cm³/mol. The molecule has 1 amide bonds. The molecule has 5 heteroatoms. The lowest BCUT2D eigenvalue weighted by Crippen LogP contribution is -2.23. The summed E-state index contributed by atoms with van der Waals surface area (Å²) in [5, 5.41) is 6.86. The Labute approximate surface area is 99.4 Å². The van der Waals surface area contributed by atoms with Gasteiger partial charge in [0, 0.05) is 12.7 Å². The van der Waals surface area contributed by atoms with E-state index < -0.39 is 0 Å². The average molecular weight is 233 g/mol. The number of hydrogen-bond acceptors (Lipinski definition) is 3. The molecule has 0 aromatic carbocycles. The van der Waals surface area contributed by atoms with E-state index in [0.29, 0.717) is 12.2 Å². The average Bonchev–Trinajstić information content (AvgIpc) is 2.83. The number of carbonyl (C=O) groups is 1. The number of nitrogens with zero attached hydrogens (tertiary/aromatic N) is 2. The summed E-state index contributed by atoms with van der Waals surface area (Å²) in [6.45, 7) is 4.15. The van der Waals surface area contributed by atoms with Gasteiger partial charge in [0.05, 0.1) is 6.54 Å². The summed E-state index contributed by atoms with van der Waals surface area (Å²) in [6, 6.07) is 5.47. The van der Waals surface area contributed by atoms with Crippen molar-refractivity contribution in [3.8, 4) is 0 Å². The van der Waals surface area contributed by atoms with Crippen molar-refractivity contribution < 1.29 is 9.21 Å². The van der Waals surface area contributed by atoms with Crippen LogP contribution in [0.2, 0.25) is 0 Å². The summed E-state index contributed by atoms with van der Waals surface area (Å²) in [7, 11) is 1.81. The van der Waals surface area contributed by atoms with E-state index in [4.69, 9.17) is 4.42 Å². The molecule has 1 N–H and O–H groups in total. The van der Waals surface area contributed by atoms with E-state index in [-0.39, 0.29) is 5.91 Å². The lowest BCUT2D eigenvalue weighted by Gasteiger charge is -1.99. The monoisotopic (exact) mass is 233 g/mol. The van der Waals surface area contributed by atoms with Crippen molar-refractivity contribution in [1.29, 1.82) is 0 Å². The van der Waals surface area contributed by atoms with Crippen LogP contribution in [-0.2, 0) is 13.6 Å². The van der Waals surface area contributed by atoms with E-state index in [9.17, 15) is 4.79 Å². The molecular weight excluding hydrogens is 218 g/mol. The summed E-state index contributed by atoms with van der Waals surface area (Å²) in [4.78, 5) is 11.8. The Balaban J connectivity index is 1.98. The van der Waals surface area contributed by atoms with Crippen molar-refractivity contribution >= 4 is 5.91 Å². The number of rotatable bonds is 3. The van der Waals surface area contributed by atoms with Crippen molar-refractivity contribution in [2.45, 2.75) is 20.4 Å². The number of nitrogens with one attached hydrogen (secondary N) is 1. The Kier molecular flexibility index (Phi) is 2.99. The molecule has 2 aromatic heterocycles. The summed E-state index contributed by atoms with van der Waals surface area (Å²) in [5.41, 5.74) is 1.37. The van der Waals surface area contributed by atoms with E-state index in [1.165, 1.54) is 0 Å². The van der Waals surface area contributed by atoms with Gasteiger partial charge in [0.15, 0.2) is 0 Å². The molecule has 0 saturated heterocycles. The molecule has 2 aromatic rings. The molecule has 5 nitrogen and oxygen atoms in total. The maximum absolute atomic E-state index is 11.8. The first-order valence-corrected chi connectivity index (χ1v) is 5.40. The second kappa shape index (κ2) is 4.45. The first-order chi connectivity index (χ1) is 8.06. The highest BCUT2D eigenvalue weighted by atomic mass is 16.3. The number of aryl methyl sites for hydroxylation is 3. The molecule has 0 spiro atoms. The van der Waals surface area contributed by atoms with Gasteiger partial charge in [0.1, 0.15) is 17.2 Å². The van der Waals surface area contributed by atoms with Crippen LogP contribution >= 0.6 is 0 Å². The molecule has 2 rings (SSSR count). The van der Waals surface area contributed by atoms with E-state index in [1.807, 2.05) is 33.0 Å². The largest absolute Gasteiger partial charge is 0.465 e. The SMILES string of the molecule is Cc1ccc(CNC(=O)c2cc(C)n(C)n2)o1. The van der Waals surface area contributed by atoms with Crippen LogP contribution in [0, 0.1) is 13.8 Å². The van der Waals surface area contributed by atoms with Crippen LogP contribution in [0.1, 0.15) is 27.7 Å². The van der Waals surface area contributed by atoms with Crippen molar-refractivity contribution in [2.75, 3.05) is 0 Å². The van der Waals surface area contributed by atoms with Crippen molar-refractivity contribution in [3.63, 3.8) is 0 Å². The predicted octanol–water partition coefficient (Wildman–Crippen LogP) is 1.56. The van der Waals surface area contributed by atoms with Crippen LogP contribution in [0.3, 0.4) is 0 Å². The Hall–Kier alpha value is -2.04. The topological polar surface area (TPSA) is 60.1 Å². The Morgan fingerprint density at radius 2 is 2.24 bits per heavy atom. The van der Waals surface area contributed by atoms with Gasteiger partial charge in [-0.05, 0) is 32.0 Å². The van der Waals surface area contributed by atoms with Crippen molar-refractivity contribution in [3.05, 3.63) is 41.1 Å². The van der Waals surface area contributed by atoms with Crippen LogP contribution in [0.5, 0.6) is 0 Å². The second-order valence-corrected chi connectivity index (χ2v) is 3.99. The number of hydrogen-bond donors (Lipinski definition) is 1. The molecule has 90 valence electrons. The highest BCUT2D eigenvalue weighted by molar-refractivity contribution is 5.92. The lowest BCUT2D eigenvalue weighted by molar-refractivity contribution is 0.0942. The third kappa shape index (κ3) is 2.55. The standard InChI is InChI=1S/C12H15N3O2/c1-8-6-11(14-15(8)3)12(16)13-7-10-5-4-9(2)17-10/h4-6H,7H2,1-3H3,(H,13,16). The van der Waals surface area contributed by atoms with Gasteiger partial charge in [-0.3, -0.25) is 9.48 Å². The lowest BCUT2D eigenvalue weighted by atomic mass is 10.3. The van der Waals surface area contributed by atoms with Gasteiger partial charge in [-0.2, -0.15) is 5.10 Å². The molecule has 17 heavy (non-hydrogen) atoms. The van der Waals surface area contributed by atoms with Crippen LogP contribution in [-0.4, -0.2) is 15.7 Å². The highest BCUT2D eigenvalue weighted by Gasteiger charge is 2.11. The Morgan fingerprint density at radius 1 is 1.47 bits per heavy atom. The van der Waals surface area contributed by atoms with Gasteiger partial charge >= 0.3 is 0 Å². The molecule has 0 bridgehead atoms. The Morgan fingerprint density at radius 3 is 2.76 bits per heavy atom. The van der Waals surface area contributed by atoms with Crippen LogP contribution < -0.4 is 5.32 Å². The summed E-state index contributed by atoms with van der Waals surface area (Å²) < 4.78 is 7.03. The van der Waals surface area contributed by atoms with Gasteiger partial charge < -0.3 is 9.73 Å². The number of furan rings is 1. The molecule has 0 fully saturated rings. The normalized spacial score (nSPS) is 10.5. The zero-order chi connectivity index (χ0) is 12.4. The Bertz CT molecular complexity index is 520. The van der Waals surface area contributed by atoms with Crippen LogP contribution in [0.4, 0.5) is 0 Å². The van der Waals surface area contributed by atoms with E-state index >= 15 is 0 Å². The van der Waals surface area contributed by atoms with Crippen LogP contribution in [0.25, 0.3) is 0 Å². The highest BCUT2D eigenvalue weighted by Crippen LogP contribution is 2.06. The molecule has 0 aliphatic rings. The maximum atomic E-state index is 11.8. The minimum absolute atomic E-state index is 0.192. The first-order valence-electron chi connectivity index (χ1n) is 5.40. The summed E-state index contributed by atoms with van der Waals surface area (Å²) >= 11 is 0. The van der Waals surface area contributed by atoms with E-state index in [2.05, 4.69) is 10.4 Å². The summed E-state index contributed by atoms with van der Waals surface area (Å²) in [5.74, 6) is 1.38. The fourth-order valence-corrected chi connectivity index (χ4v) is 1.51. The molecule has 2 heterocycles. The van der Waals surface area contributed by atoms with Gasteiger partial charge in [0.2, 0.25) is 0 Å². The summed E-state index contributed by atoms with van der Waals surface area (Å²) in [6.07, 6.45) is 0. The smallest absolute Gasteiger partial charge is 0.272 e. The van der Waals surface area contributed by atoms with Crippen molar-refractivity contribution in [2.24, 2.45) is 7.05 Å². The fourth-order valence-electron chi connectivity index (χ4n) is 1.51. The van der Waals surface area contributed by atoms with E-state index in [1.54, 1.807) is 10.7 Å². The first kappa shape index (κ1) is 11.4. The fraction of sp³-hybridized carbons (Fsp3) is 0.333. The van der Waals surface area contributed by atoms with Crippen molar-refractivity contribution in [1.82, 2.24) is 15.1 Å². The maximum Gasteiger partial charge on any atom is 0.272 e. The number of carbonyl (C=O) groups excluding carboxylic acids is 1. The molecule has 0 atom stereocenters. The zero-order valence-electron chi connectivity index (χ0n) is 10.2. The van der Waals surface area contributed by atoms with E-state index in [0.717, 1.165) is 17.2 Å². The molecule has 0 aliphatic heterocycles. The minimum atomic E-state index is -0.192. The third-order valence-corrected chi connectivity index (χ3v) is 2.57. The third-order valence-electron chi connectivity index (χ3n) is 2.57. The van der Waals surface area contributed by atoms with Gasteiger partial charge in [-0.1, -0.05) is 0 Å². The quantitative estimate of drug-likeness (QED) is 0.875. The second-order valence-electron chi connectivity index (χ2n) is 3.99. The molecular formula is C12H15N3O2. The van der Waals surface area contributed by atoms with Gasteiger partial charge in [-0.15, -0.1) is 0 Å². The molecule has 0 unspecified atom stereocenters. The minimum Gasteiger partial charge on any atom is -0.465 e. The van der Waals surface area contributed by atoms with Crippen LogP contribution in [0.15, 0.2) is 22.6 Å². The van der Waals surface area contributed by atoms with Gasteiger partial charge in [-0.25, -0.2) is 0 Å². The molecule has 0 saturated carbocycles. The molecule has 0 aliphatic carbocycles. The zero-order valence-corrected chi connectivity index (χ0v) is 10.2. The number of aromatic nitrogens is 2. The molecule has 0 radical (unpaired) electrons.